The average Bonchev–Trinajstić information content (AvgIpc) is 2.93. The van der Waals surface area contributed by atoms with Crippen LogP contribution in [-0.4, -0.2) is 46.0 Å². The number of sulfonamides is 2. The quantitative estimate of drug-likeness (QED) is 0.0824. The van der Waals surface area contributed by atoms with Crippen LogP contribution in [0.3, 0.4) is 0 Å². The number of halogens is 4. The van der Waals surface area contributed by atoms with E-state index in [4.69, 9.17) is 46.4 Å². The molecule has 0 saturated carbocycles. The third kappa shape index (κ3) is 9.81. The SMILES string of the molecule is CCCNS(=O)(=O)c1c(Cl)ccc(NC(=O)Nc2ccccc2Cl)c1O.CCCNS(=O)(=O)c1c(Cl)ccc([N+](=O)[O-])c1Cl. The molecule has 0 radical (unpaired) electrons. The van der Waals surface area contributed by atoms with Gasteiger partial charge >= 0.3 is 6.03 Å². The number of phenols is 1. The summed E-state index contributed by atoms with van der Waals surface area (Å²) in [6.45, 7) is 3.95. The molecular formula is C25H27Cl4N5O8S2. The van der Waals surface area contributed by atoms with Crippen LogP contribution in [0.2, 0.25) is 20.1 Å². The van der Waals surface area contributed by atoms with Crippen molar-refractivity contribution in [3.63, 3.8) is 0 Å². The first-order valence-electron chi connectivity index (χ1n) is 12.5. The molecule has 0 aromatic heterocycles. The summed E-state index contributed by atoms with van der Waals surface area (Å²) in [6.07, 6.45) is 1.14. The first-order valence-corrected chi connectivity index (χ1v) is 17.0. The van der Waals surface area contributed by atoms with Gasteiger partial charge in [0.15, 0.2) is 5.75 Å². The molecule has 0 heterocycles. The fraction of sp³-hybridized carbons (Fsp3) is 0.240. The Hall–Kier alpha value is -2.89. The van der Waals surface area contributed by atoms with Gasteiger partial charge in [-0.2, -0.15) is 0 Å². The van der Waals surface area contributed by atoms with Crippen molar-refractivity contribution in [3.05, 3.63) is 78.7 Å². The molecule has 0 spiro atoms. The minimum Gasteiger partial charge on any atom is -0.504 e. The van der Waals surface area contributed by atoms with Crippen molar-refractivity contribution < 1.29 is 31.7 Å². The van der Waals surface area contributed by atoms with Crippen LogP contribution >= 0.6 is 46.4 Å². The van der Waals surface area contributed by atoms with Crippen molar-refractivity contribution in [2.24, 2.45) is 0 Å². The molecule has 2 amide bonds. The lowest BCUT2D eigenvalue weighted by Gasteiger charge is -2.14. The number of benzene rings is 3. The van der Waals surface area contributed by atoms with Crippen molar-refractivity contribution in [1.29, 1.82) is 0 Å². The van der Waals surface area contributed by atoms with E-state index in [1.54, 1.807) is 38.1 Å². The fourth-order valence-corrected chi connectivity index (χ4v) is 7.55. The van der Waals surface area contributed by atoms with Gasteiger partial charge in [-0.3, -0.25) is 10.1 Å². The normalized spacial score (nSPS) is 11.3. The molecule has 44 heavy (non-hydrogen) atoms. The van der Waals surface area contributed by atoms with Gasteiger partial charge in [0.1, 0.15) is 14.8 Å². The number of para-hydroxylation sites is 1. The number of anilines is 2. The zero-order valence-corrected chi connectivity index (χ0v) is 27.7. The molecule has 0 fully saturated rings. The summed E-state index contributed by atoms with van der Waals surface area (Å²) < 4.78 is 53.0. The number of aromatic hydroxyl groups is 1. The van der Waals surface area contributed by atoms with E-state index in [1.807, 2.05) is 0 Å². The van der Waals surface area contributed by atoms with Crippen LogP contribution in [0.25, 0.3) is 0 Å². The van der Waals surface area contributed by atoms with E-state index < -0.39 is 57.3 Å². The standard InChI is InChI=1S/C16H17Cl2N3O4S.C9H10Cl2N2O4S/c1-2-9-19-26(24,25)15-11(18)7-8-13(14(15)22)21-16(23)20-12-6-4-3-5-10(12)17;1-2-5-12-18(16,17)9-6(10)3-4-7(8(9)11)13(14)15/h3-8,19,22H,2,9H2,1H3,(H2,20,21,23);3-4,12H,2,5H2,1H3. The van der Waals surface area contributed by atoms with Gasteiger partial charge in [0.25, 0.3) is 5.69 Å². The molecule has 0 aliphatic heterocycles. The van der Waals surface area contributed by atoms with Crippen molar-refractivity contribution in [2.45, 2.75) is 36.5 Å². The molecule has 0 saturated heterocycles. The first kappa shape index (κ1) is 37.3. The Labute approximate surface area is 274 Å². The second kappa shape index (κ2) is 16.4. The lowest BCUT2D eigenvalue weighted by molar-refractivity contribution is -0.384. The number of hydrogen-bond donors (Lipinski definition) is 5. The minimum atomic E-state index is -4.03. The van der Waals surface area contributed by atoms with Gasteiger partial charge in [-0.05, 0) is 43.2 Å². The number of carbonyl (C=O) groups is 1. The maximum atomic E-state index is 12.3. The first-order chi connectivity index (χ1) is 20.6. The van der Waals surface area contributed by atoms with Crippen molar-refractivity contribution >= 4 is 89.5 Å². The second-order valence-electron chi connectivity index (χ2n) is 8.59. The van der Waals surface area contributed by atoms with E-state index >= 15 is 0 Å². The number of hydrogen-bond acceptors (Lipinski definition) is 8. The maximum Gasteiger partial charge on any atom is 0.323 e. The number of urea groups is 1. The van der Waals surface area contributed by atoms with Gasteiger partial charge in [0, 0.05) is 19.2 Å². The highest BCUT2D eigenvalue weighted by atomic mass is 35.5. The Balaban J connectivity index is 0.000000329. The Morgan fingerprint density at radius 1 is 0.773 bits per heavy atom. The topological polar surface area (TPSA) is 197 Å². The van der Waals surface area contributed by atoms with Crippen molar-refractivity contribution in [1.82, 2.24) is 9.44 Å². The Morgan fingerprint density at radius 2 is 1.27 bits per heavy atom. The molecule has 3 rings (SSSR count). The number of nitro benzene ring substituents is 1. The van der Waals surface area contributed by atoms with E-state index in [0.29, 0.717) is 23.6 Å². The molecule has 0 aliphatic rings. The summed E-state index contributed by atoms with van der Waals surface area (Å²) in [5, 5.41) is 25.4. The highest BCUT2D eigenvalue weighted by Gasteiger charge is 2.28. The average molecular weight is 731 g/mol. The van der Waals surface area contributed by atoms with Gasteiger partial charge < -0.3 is 15.7 Å². The largest absolute Gasteiger partial charge is 0.504 e. The fourth-order valence-electron chi connectivity index (χ4n) is 3.27. The summed E-state index contributed by atoms with van der Waals surface area (Å²) in [5.74, 6) is -0.657. The highest BCUT2D eigenvalue weighted by molar-refractivity contribution is 7.90. The van der Waals surface area contributed by atoms with Crippen LogP contribution in [0, 0.1) is 10.1 Å². The van der Waals surface area contributed by atoms with Crippen LogP contribution in [0.4, 0.5) is 21.9 Å². The molecule has 0 aliphatic carbocycles. The lowest BCUT2D eigenvalue weighted by Crippen LogP contribution is -2.25. The van der Waals surface area contributed by atoms with E-state index in [0.717, 1.165) is 12.1 Å². The predicted molar refractivity (Wildman–Crippen MR) is 171 cm³/mol. The molecule has 19 heteroatoms. The minimum absolute atomic E-state index is 0.115. The molecular weight excluding hydrogens is 704 g/mol. The molecule has 0 bridgehead atoms. The maximum absolute atomic E-state index is 12.3. The monoisotopic (exact) mass is 729 g/mol. The summed E-state index contributed by atoms with van der Waals surface area (Å²) >= 11 is 23.4. The number of nitro groups is 1. The zero-order valence-electron chi connectivity index (χ0n) is 23.0. The summed E-state index contributed by atoms with van der Waals surface area (Å²) in [4.78, 5) is 21.1. The Kier molecular flexibility index (Phi) is 13.9. The van der Waals surface area contributed by atoms with Gasteiger partial charge in [0.2, 0.25) is 20.0 Å². The van der Waals surface area contributed by atoms with E-state index in [9.17, 15) is 36.9 Å². The molecule has 3 aromatic carbocycles. The van der Waals surface area contributed by atoms with Gasteiger partial charge in [-0.1, -0.05) is 72.4 Å². The van der Waals surface area contributed by atoms with E-state index in [1.165, 1.54) is 12.1 Å². The molecule has 0 atom stereocenters. The highest BCUT2D eigenvalue weighted by Crippen LogP contribution is 2.37. The third-order valence-corrected chi connectivity index (χ3v) is 10.1. The zero-order chi connectivity index (χ0) is 33.2. The van der Waals surface area contributed by atoms with Crippen LogP contribution in [-0.2, 0) is 20.0 Å². The molecule has 240 valence electrons. The molecule has 3 aromatic rings. The van der Waals surface area contributed by atoms with Crippen molar-refractivity contribution in [3.8, 4) is 5.75 Å². The van der Waals surface area contributed by atoms with Gasteiger partial charge in [-0.25, -0.2) is 31.1 Å². The van der Waals surface area contributed by atoms with Crippen LogP contribution in [0.15, 0.2) is 58.3 Å². The second-order valence-corrected chi connectivity index (χ2v) is 13.6. The predicted octanol–water partition coefficient (Wildman–Crippen LogP) is 6.62. The summed E-state index contributed by atoms with van der Waals surface area (Å²) in [7, 11) is -7.99. The van der Waals surface area contributed by atoms with Crippen LogP contribution in [0.5, 0.6) is 5.75 Å². The van der Waals surface area contributed by atoms with E-state index in [-0.39, 0.29) is 28.8 Å². The third-order valence-electron chi connectivity index (χ3n) is 5.30. The van der Waals surface area contributed by atoms with Gasteiger partial charge in [-0.15, -0.1) is 0 Å². The van der Waals surface area contributed by atoms with Crippen LogP contribution < -0.4 is 20.1 Å². The molecule has 5 N–H and O–H groups in total. The Morgan fingerprint density at radius 3 is 1.82 bits per heavy atom. The lowest BCUT2D eigenvalue weighted by atomic mass is 10.3. The Bertz CT molecular complexity index is 1740. The number of nitrogens with one attached hydrogen (secondary N) is 4. The van der Waals surface area contributed by atoms with Crippen LogP contribution in [0.1, 0.15) is 26.7 Å². The molecule has 0 unspecified atom stereocenters. The smallest absolute Gasteiger partial charge is 0.323 e. The summed E-state index contributed by atoms with van der Waals surface area (Å²) in [5.41, 5.74) is -0.258. The number of rotatable bonds is 11. The van der Waals surface area contributed by atoms with E-state index in [2.05, 4.69) is 20.1 Å². The summed E-state index contributed by atoms with van der Waals surface area (Å²) in [6, 6.07) is 10.6. The number of phenolic OH excluding ortho intramolecular Hbond substituents is 1. The number of nitrogens with zero attached hydrogens (tertiary/aromatic N) is 1. The molecule has 13 nitrogen and oxygen atoms in total. The van der Waals surface area contributed by atoms with Crippen molar-refractivity contribution in [2.75, 3.05) is 23.7 Å². The number of carbonyl (C=O) groups excluding carboxylic acids is 1. The number of amides is 2. The van der Waals surface area contributed by atoms with Gasteiger partial charge in [0.05, 0.1) is 31.4 Å².